The molecular formula is C16H14ClNO. The molecule has 2 nitrogen and oxygen atoms in total. The minimum Gasteiger partial charge on any atom is -0.325 e. The maximum absolute atomic E-state index is 12.5. The number of hydrogen-bond donors (Lipinski definition) is 1. The normalized spacial score (nSPS) is 21.1. The second kappa shape index (κ2) is 4.39. The van der Waals surface area contributed by atoms with Crippen LogP contribution in [0.5, 0.6) is 0 Å². The molecule has 2 aromatic rings. The van der Waals surface area contributed by atoms with Crippen molar-refractivity contribution < 1.29 is 4.79 Å². The number of halogens is 1. The minimum absolute atomic E-state index is 0.0403. The summed E-state index contributed by atoms with van der Waals surface area (Å²) in [6.45, 7) is 2.04. The maximum Gasteiger partial charge on any atom is 0.239 e. The SMILES string of the molecule is CCC1(c2ccc(Cl)cc2)C(=O)Nc2ccccc21. The molecule has 1 aliphatic heterocycles. The van der Waals surface area contributed by atoms with Crippen LogP contribution in [-0.2, 0) is 10.2 Å². The molecule has 3 rings (SSSR count). The van der Waals surface area contributed by atoms with Crippen LogP contribution >= 0.6 is 11.6 Å². The third kappa shape index (κ3) is 1.67. The minimum atomic E-state index is -0.596. The van der Waals surface area contributed by atoms with Gasteiger partial charge in [0.2, 0.25) is 5.91 Å². The van der Waals surface area contributed by atoms with Crippen LogP contribution < -0.4 is 5.32 Å². The van der Waals surface area contributed by atoms with Crippen molar-refractivity contribution >= 4 is 23.2 Å². The lowest BCUT2D eigenvalue weighted by Gasteiger charge is -2.26. The van der Waals surface area contributed by atoms with E-state index in [0.29, 0.717) is 5.02 Å². The van der Waals surface area contributed by atoms with Crippen LogP contribution in [0.3, 0.4) is 0 Å². The number of hydrogen-bond acceptors (Lipinski definition) is 1. The van der Waals surface area contributed by atoms with Crippen molar-refractivity contribution in [1.82, 2.24) is 0 Å². The summed E-state index contributed by atoms with van der Waals surface area (Å²) in [5.41, 5.74) is 2.34. The largest absolute Gasteiger partial charge is 0.325 e. The Bertz CT molecular complexity index is 635. The zero-order valence-corrected chi connectivity index (χ0v) is 11.4. The van der Waals surface area contributed by atoms with E-state index in [2.05, 4.69) is 5.32 Å². The van der Waals surface area contributed by atoms with Crippen LogP contribution in [0.25, 0.3) is 0 Å². The van der Waals surface area contributed by atoms with Gasteiger partial charge in [0.25, 0.3) is 0 Å². The van der Waals surface area contributed by atoms with E-state index in [4.69, 9.17) is 11.6 Å². The van der Waals surface area contributed by atoms with Gasteiger partial charge in [0, 0.05) is 10.7 Å². The third-order valence-electron chi connectivity index (χ3n) is 3.89. The number of amides is 1. The number of rotatable bonds is 2. The molecule has 0 radical (unpaired) electrons. The van der Waals surface area contributed by atoms with Crippen LogP contribution in [0.4, 0.5) is 5.69 Å². The van der Waals surface area contributed by atoms with Gasteiger partial charge in [0.1, 0.15) is 5.41 Å². The zero-order valence-electron chi connectivity index (χ0n) is 10.6. The van der Waals surface area contributed by atoms with E-state index in [9.17, 15) is 4.79 Å². The molecule has 0 spiro atoms. The molecule has 96 valence electrons. The van der Waals surface area contributed by atoms with Crippen LogP contribution in [0.15, 0.2) is 48.5 Å². The maximum atomic E-state index is 12.5. The van der Waals surface area contributed by atoms with E-state index < -0.39 is 5.41 Å². The summed E-state index contributed by atoms with van der Waals surface area (Å²) in [6.07, 6.45) is 0.720. The fraction of sp³-hybridized carbons (Fsp3) is 0.188. The number of para-hydroxylation sites is 1. The standard InChI is InChI=1S/C16H14ClNO/c1-2-16(11-7-9-12(17)10-8-11)13-5-3-4-6-14(13)18-15(16)19/h3-10H,2H2,1H3,(H,18,19). The fourth-order valence-electron chi connectivity index (χ4n) is 2.89. The number of benzene rings is 2. The van der Waals surface area contributed by atoms with Gasteiger partial charge in [-0.25, -0.2) is 0 Å². The van der Waals surface area contributed by atoms with Crippen molar-refractivity contribution in [2.24, 2.45) is 0 Å². The number of anilines is 1. The van der Waals surface area contributed by atoms with Crippen LogP contribution in [0, 0.1) is 0 Å². The highest BCUT2D eigenvalue weighted by Gasteiger charge is 2.46. The van der Waals surface area contributed by atoms with E-state index in [-0.39, 0.29) is 5.91 Å². The Morgan fingerprint density at radius 3 is 2.47 bits per heavy atom. The molecular weight excluding hydrogens is 258 g/mol. The molecule has 1 unspecified atom stereocenters. The van der Waals surface area contributed by atoms with E-state index in [1.54, 1.807) is 0 Å². The second-order valence-electron chi connectivity index (χ2n) is 4.77. The number of nitrogens with one attached hydrogen (secondary N) is 1. The van der Waals surface area contributed by atoms with Crippen LogP contribution in [-0.4, -0.2) is 5.91 Å². The Balaban J connectivity index is 2.24. The topological polar surface area (TPSA) is 29.1 Å². The van der Waals surface area contributed by atoms with Crippen molar-refractivity contribution in [3.05, 3.63) is 64.7 Å². The van der Waals surface area contributed by atoms with Gasteiger partial charge in [-0.1, -0.05) is 48.9 Å². The summed E-state index contributed by atoms with van der Waals surface area (Å²) in [6, 6.07) is 15.4. The lowest BCUT2D eigenvalue weighted by molar-refractivity contribution is -0.119. The van der Waals surface area contributed by atoms with Gasteiger partial charge < -0.3 is 5.32 Å². The lowest BCUT2D eigenvalue weighted by atomic mass is 9.73. The van der Waals surface area contributed by atoms with Gasteiger partial charge in [0.15, 0.2) is 0 Å². The van der Waals surface area contributed by atoms with Crippen molar-refractivity contribution in [1.29, 1.82) is 0 Å². The summed E-state index contributed by atoms with van der Waals surface area (Å²) < 4.78 is 0. The van der Waals surface area contributed by atoms with Gasteiger partial charge in [-0.15, -0.1) is 0 Å². The van der Waals surface area contributed by atoms with Gasteiger partial charge >= 0.3 is 0 Å². The van der Waals surface area contributed by atoms with E-state index in [1.807, 2.05) is 55.5 Å². The second-order valence-corrected chi connectivity index (χ2v) is 5.20. The first-order chi connectivity index (χ1) is 9.18. The summed E-state index contributed by atoms with van der Waals surface area (Å²) in [5.74, 6) is 0.0403. The van der Waals surface area contributed by atoms with E-state index in [1.165, 1.54) is 0 Å². The van der Waals surface area contributed by atoms with E-state index >= 15 is 0 Å². The molecule has 2 aromatic carbocycles. The quantitative estimate of drug-likeness (QED) is 0.879. The molecule has 1 aliphatic rings. The Hall–Kier alpha value is -1.80. The van der Waals surface area contributed by atoms with Crippen molar-refractivity contribution in [3.8, 4) is 0 Å². The smallest absolute Gasteiger partial charge is 0.239 e. The average molecular weight is 272 g/mol. The molecule has 0 saturated carbocycles. The molecule has 1 N–H and O–H groups in total. The number of carbonyl (C=O) groups excluding carboxylic acids is 1. The first-order valence-electron chi connectivity index (χ1n) is 6.35. The van der Waals surface area contributed by atoms with Gasteiger partial charge in [-0.3, -0.25) is 4.79 Å². The van der Waals surface area contributed by atoms with Gasteiger partial charge in [-0.2, -0.15) is 0 Å². The molecule has 1 amide bonds. The molecule has 0 saturated heterocycles. The van der Waals surface area contributed by atoms with Crippen molar-refractivity contribution in [3.63, 3.8) is 0 Å². The molecule has 1 heterocycles. The highest BCUT2D eigenvalue weighted by atomic mass is 35.5. The van der Waals surface area contributed by atoms with Crippen molar-refractivity contribution in [2.75, 3.05) is 5.32 Å². The average Bonchev–Trinajstić information content (AvgIpc) is 2.72. The molecule has 3 heteroatoms. The predicted molar refractivity (Wildman–Crippen MR) is 77.6 cm³/mol. The highest BCUT2D eigenvalue weighted by molar-refractivity contribution is 6.30. The Morgan fingerprint density at radius 2 is 1.79 bits per heavy atom. The zero-order chi connectivity index (χ0) is 13.5. The Labute approximate surface area is 117 Å². The third-order valence-corrected chi connectivity index (χ3v) is 4.14. The summed E-state index contributed by atoms with van der Waals surface area (Å²) in [5, 5.41) is 3.66. The Morgan fingerprint density at radius 1 is 1.11 bits per heavy atom. The molecule has 0 aromatic heterocycles. The molecule has 0 fully saturated rings. The fourth-order valence-corrected chi connectivity index (χ4v) is 3.02. The number of fused-ring (bicyclic) bond motifs is 1. The lowest BCUT2D eigenvalue weighted by Crippen LogP contribution is -2.34. The van der Waals surface area contributed by atoms with Crippen LogP contribution in [0.1, 0.15) is 24.5 Å². The Kier molecular flexibility index (Phi) is 2.83. The first-order valence-corrected chi connectivity index (χ1v) is 6.73. The number of carbonyl (C=O) groups is 1. The summed E-state index contributed by atoms with van der Waals surface area (Å²) >= 11 is 5.94. The van der Waals surface area contributed by atoms with Gasteiger partial charge in [0.05, 0.1) is 0 Å². The molecule has 1 atom stereocenters. The highest BCUT2D eigenvalue weighted by Crippen LogP contribution is 2.45. The monoisotopic (exact) mass is 271 g/mol. The predicted octanol–water partition coefficient (Wildman–Crippen LogP) is 3.99. The summed E-state index contributed by atoms with van der Waals surface area (Å²) in [7, 11) is 0. The van der Waals surface area contributed by atoms with Crippen molar-refractivity contribution in [2.45, 2.75) is 18.8 Å². The van der Waals surface area contributed by atoms with Gasteiger partial charge in [-0.05, 0) is 35.7 Å². The van der Waals surface area contributed by atoms with E-state index in [0.717, 1.165) is 23.2 Å². The summed E-state index contributed by atoms with van der Waals surface area (Å²) in [4.78, 5) is 12.5. The van der Waals surface area contributed by atoms with Crippen LogP contribution in [0.2, 0.25) is 5.02 Å². The molecule has 0 aliphatic carbocycles. The molecule has 0 bridgehead atoms. The molecule has 19 heavy (non-hydrogen) atoms. The first kappa shape index (κ1) is 12.2.